The third-order valence-corrected chi connectivity index (χ3v) is 2.28. The van der Waals surface area contributed by atoms with E-state index in [4.69, 9.17) is 5.84 Å². The number of rotatable bonds is 3. The zero-order chi connectivity index (χ0) is 8.27. The number of nitrogens with two attached hydrogens (primary N) is 1. The molecule has 11 heavy (non-hydrogen) atoms. The molecule has 0 fully saturated rings. The molecular weight excluding hydrogens is 158 g/mol. The van der Waals surface area contributed by atoms with Gasteiger partial charge in [-0.15, -0.1) is 0 Å². The van der Waals surface area contributed by atoms with Crippen molar-refractivity contribution in [1.82, 2.24) is 4.37 Å². The molecule has 0 aliphatic carbocycles. The zero-order valence-corrected chi connectivity index (χ0v) is 7.69. The second kappa shape index (κ2) is 3.69. The molecule has 0 unspecified atom stereocenters. The average molecular weight is 171 g/mol. The molecule has 2 N–H and O–H groups in total. The third kappa shape index (κ3) is 2.17. The molecule has 0 aliphatic heterocycles. The monoisotopic (exact) mass is 171 g/mol. The minimum Gasteiger partial charge on any atom is -0.301 e. The van der Waals surface area contributed by atoms with E-state index in [0.29, 0.717) is 0 Å². The van der Waals surface area contributed by atoms with Gasteiger partial charge in [0.15, 0.2) is 0 Å². The van der Waals surface area contributed by atoms with Crippen LogP contribution in [0.15, 0.2) is 6.07 Å². The van der Waals surface area contributed by atoms with Crippen LogP contribution < -0.4 is 10.9 Å². The predicted octanol–water partition coefficient (Wildman–Crippen LogP) is 1.54. The lowest BCUT2D eigenvalue weighted by molar-refractivity contribution is 0.812. The van der Waals surface area contributed by atoms with Crippen LogP contribution in [0.4, 0.5) is 5.00 Å². The molecule has 1 aromatic heterocycles. The Morgan fingerprint density at radius 3 is 2.91 bits per heavy atom. The molecule has 0 amide bonds. The topological polar surface area (TPSA) is 42.1 Å². The van der Waals surface area contributed by atoms with Crippen LogP contribution in [0.1, 0.15) is 19.0 Å². The summed E-state index contributed by atoms with van der Waals surface area (Å²) in [6.45, 7) is 4.97. The molecule has 62 valence electrons. The number of aryl methyl sites for hydroxylation is 1. The fourth-order valence-electron chi connectivity index (χ4n) is 0.837. The Morgan fingerprint density at radius 2 is 2.45 bits per heavy atom. The van der Waals surface area contributed by atoms with Crippen molar-refractivity contribution in [2.24, 2.45) is 5.84 Å². The molecule has 0 aromatic carbocycles. The van der Waals surface area contributed by atoms with Crippen LogP contribution in [0, 0.1) is 6.92 Å². The van der Waals surface area contributed by atoms with Gasteiger partial charge in [-0.1, -0.05) is 6.92 Å². The first kappa shape index (κ1) is 8.49. The van der Waals surface area contributed by atoms with Gasteiger partial charge in [0.1, 0.15) is 5.00 Å². The van der Waals surface area contributed by atoms with Gasteiger partial charge in [-0.2, -0.15) is 4.37 Å². The highest BCUT2D eigenvalue weighted by atomic mass is 32.1. The Balaban J connectivity index is 2.60. The normalized spacial score (nSPS) is 10.1. The molecule has 4 heteroatoms. The summed E-state index contributed by atoms with van der Waals surface area (Å²) in [5.41, 5.74) is 1.04. The summed E-state index contributed by atoms with van der Waals surface area (Å²) in [5, 5.41) is 2.79. The summed E-state index contributed by atoms with van der Waals surface area (Å²) < 4.78 is 4.14. The molecule has 0 aliphatic rings. The summed E-state index contributed by atoms with van der Waals surface area (Å²) in [5.74, 6) is 5.72. The van der Waals surface area contributed by atoms with Crippen LogP contribution in [0.5, 0.6) is 0 Å². The number of hydrogen-bond donors (Lipinski definition) is 1. The number of anilines is 1. The number of hydrogen-bond acceptors (Lipinski definition) is 4. The molecule has 1 heterocycles. The predicted molar refractivity (Wildman–Crippen MR) is 48.7 cm³/mol. The molecule has 1 aromatic rings. The van der Waals surface area contributed by atoms with Crippen molar-refractivity contribution in [3.05, 3.63) is 11.8 Å². The molecular formula is C7H13N3S. The minimum absolute atomic E-state index is 0.891. The van der Waals surface area contributed by atoms with E-state index in [1.165, 1.54) is 11.5 Å². The van der Waals surface area contributed by atoms with Gasteiger partial charge >= 0.3 is 0 Å². The molecule has 0 atom stereocenters. The lowest BCUT2D eigenvalue weighted by Crippen LogP contribution is -2.30. The zero-order valence-electron chi connectivity index (χ0n) is 6.87. The Hall–Kier alpha value is -0.610. The van der Waals surface area contributed by atoms with Gasteiger partial charge in [-0.3, -0.25) is 0 Å². The standard InChI is InChI=1S/C7H13N3S/c1-3-4-10(8)7-5-6(2)9-11-7/h5H,3-4,8H2,1-2H3. The van der Waals surface area contributed by atoms with Crippen molar-refractivity contribution in [1.29, 1.82) is 0 Å². The molecule has 1 rings (SSSR count). The smallest absolute Gasteiger partial charge is 0.126 e. The van der Waals surface area contributed by atoms with E-state index in [1.807, 2.05) is 13.0 Å². The average Bonchev–Trinajstić information content (AvgIpc) is 2.36. The van der Waals surface area contributed by atoms with Gasteiger partial charge < -0.3 is 5.01 Å². The van der Waals surface area contributed by atoms with Gasteiger partial charge in [-0.05, 0) is 30.9 Å². The van der Waals surface area contributed by atoms with Crippen molar-refractivity contribution in [3.8, 4) is 0 Å². The van der Waals surface area contributed by atoms with Crippen molar-refractivity contribution < 1.29 is 0 Å². The summed E-state index contributed by atoms with van der Waals surface area (Å²) in [6, 6.07) is 2.00. The molecule has 0 spiro atoms. The molecule has 0 saturated carbocycles. The van der Waals surface area contributed by atoms with E-state index in [9.17, 15) is 0 Å². The number of hydrazine groups is 1. The van der Waals surface area contributed by atoms with Crippen LogP contribution in [0.25, 0.3) is 0 Å². The largest absolute Gasteiger partial charge is 0.301 e. The van der Waals surface area contributed by atoms with Gasteiger partial charge in [0.05, 0.1) is 5.69 Å². The molecule has 0 bridgehead atoms. The highest BCUT2D eigenvalue weighted by molar-refractivity contribution is 7.10. The minimum atomic E-state index is 0.891. The number of nitrogens with zero attached hydrogens (tertiary/aromatic N) is 2. The highest BCUT2D eigenvalue weighted by Crippen LogP contribution is 2.18. The fourth-order valence-corrected chi connectivity index (χ4v) is 1.55. The maximum Gasteiger partial charge on any atom is 0.126 e. The number of aromatic nitrogens is 1. The van der Waals surface area contributed by atoms with E-state index in [0.717, 1.165) is 23.7 Å². The van der Waals surface area contributed by atoms with Gasteiger partial charge in [0, 0.05) is 6.54 Å². The van der Waals surface area contributed by atoms with Crippen LogP contribution in [-0.2, 0) is 0 Å². The summed E-state index contributed by atoms with van der Waals surface area (Å²) in [7, 11) is 0. The van der Waals surface area contributed by atoms with E-state index >= 15 is 0 Å². The fraction of sp³-hybridized carbons (Fsp3) is 0.571. The Kier molecular flexibility index (Phi) is 2.84. The SMILES string of the molecule is CCCN(N)c1cc(C)ns1. The van der Waals surface area contributed by atoms with Gasteiger partial charge in [-0.25, -0.2) is 5.84 Å². The summed E-state index contributed by atoms with van der Waals surface area (Å²) in [6.07, 6.45) is 1.06. The third-order valence-electron chi connectivity index (χ3n) is 1.36. The Morgan fingerprint density at radius 1 is 1.73 bits per heavy atom. The van der Waals surface area contributed by atoms with E-state index in [1.54, 1.807) is 5.01 Å². The van der Waals surface area contributed by atoms with Crippen molar-refractivity contribution >= 4 is 16.5 Å². The maximum atomic E-state index is 5.72. The first-order chi connectivity index (χ1) is 5.24. The van der Waals surface area contributed by atoms with E-state index in [2.05, 4.69) is 11.3 Å². The van der Waals surface area contributed by atoms with Crippen LogP contribution in [0.3, 0.4) is 0 Å². The van der Waals surface area contributed by atoms with E-state index < -0.39 is 0 Å². The van der Waals surface area contributed by atoms with E-state index in [-0.39, 0.29) is 0 Å². The second-order valence-corrected chi connectivity index (χ2v) is 3.28. The summed E-state index contributed by atoms with van der Waals surface area (Å²) in [4.78, 5) is 0. The maximum absolute atomic E-state index is 5.72. The quantitative estimate of drug-likeness (QED) is 0.554. The van der Waals surface area contributed by atoms with Crippen LogP contribution in [-0.4, -0.2) is 10.9 Å². The first-order valence-electron chi connectivity index (χ1n) is 3.69. The van der Waals surface area contributed by atoms with Crippen molar-refractivity contribution in [2.45, 2.75) is 20.3 Å². The molecule has 0 saturated heterocycles. The van der Waals surface area contributed by atoms with Gasteiger partial charge in [0.2, 0.25) is 0 Å². The molecule has 3 nitrogen and oxygen atoms in total. The van der Waals surface area contributed by atoms with Crippen molar-refractivity contribution in [2.75, 3.05) is 11.6 Å². The second-order valence-electron chi connectivity index (χ2n) is 2.50. The molecule has 0 radical (unpaired) electrons. The highest BCUT2D eigenvalue weighted by Gasteiger charge is 2.02. The first-order valence-corrected chi connectivity index (χ1v) is 4.47. The summed E-state index contributed by atoms with van der Waals surface area (Å²) >= 11 is 1.45. The van der Waals surface area contributed by atoms with Gasteiger partial charge in [0.25, 0.3) is 0 Å². The lowest BCUT2D eigenvalue weighted by Gasteiger charge is -2.13. The van der Waals surface area contributed by atoms with Crippen LogP contribution in [0.2, 0.25) is 0 Å². The van der Waals surface area contributed by atoms with Crippen LogP contribution >= 0.6 is 11.5 Å². The Labute approximate surface area is 71.0 Å². The Bertz CT molecular complexity index is 221. The van der Waals surface area contributed by atoms with Crippen molar-refractivity contribution in [3.63, 3.8) is 0 Å². The lowest BCUT2D eigenvalue weighted by atomic mass is 10.4.